The first kappa shape index (κ1) is 27.8. The van der Waals surface area contributed by atoms with Crippen molar-refractivity contribution in [1.82, 2.24) is 19.8 Å². The summed E-state index contributed by atoms with van der Waals surface area (Å²) in [5.74, 6) is 2.41. The summed E-state index contributed by atoms with van der Waals surface area (Å²) in [5.41, 5.74) is 1.05. The van der Waals surface area contributed by atoms with Crippen molar-refractivity contribution >= 4 is 46.7 Å². The molecule has 2 amide bonds. The molecule has 2 aliphatic heterocycles. The Hall–Kier alpha value is -2.72. The number of carbonyl (C=O) groups excluding carboxylic acids is 2. The number of ether oxygens (including phenoxy) is 1. The van der Waals surface area contributed by atoms with Gasteiger partial charge in [0.25, 0.3) is 0 Å². The molecular formula is C28H37ClN6O3S. The van der Waals surface area contributed by atoms with Crippen molar-refractivity contribution in [3.8, 4) is 5.75 Å². The molecule has 11 heteroatoms. The van der Waals surface area contributed by atoms with Crippen LogP contribution < -0.4 is 14.5 Å². The third kappa shape index (κ3) is 6.54. The van der Waals surface area contributed by atoms with Crippen LogP contribution in [0.2, 0.25) is 5.15 Å². The van der Waals surface area contributed by atoms with Crippen molar-refractivity contribution in [3.63, 3.8) is 0 Å². The minimum atomic E-state index is 0.0671. The van der Waals surface area contributed by atoms with E-state index in [1.165, 1.54) is 11.8 Å². The lowest BCUT2D eigenvalue weighted by atomic mass is 10.0. The molecule has 9 nitrogen and oxygen atoms in total. The Morgan fingerprint density at radius 1 is 1.03 bits per heavy atom. The Balaban J connectivity index is 1.14. The number of methoxy groups -OCH3 is 1. The van der Waals surface area contributed by atoms with Crippen LogP contribution in [0.4, 0.5) is 11.5 Å². The van der Waals surface area contributed by atoms with E-state index in [2.05, 4.69) is 21.7 Å². The van der Waals surface area contributed by atoms with Crippen LogP contribution in [0.15, 0.2) is 35.5 Å². The largest absolute Gasteiger partial charge is 0.495 e. The average Bonchev–Trinajstić information content (AvgIpc) is 3.50. The molecule has 0 bridgehead atoms. The molecule has 1 aliphatic carbocycles. The lowest BCUT2D eigenvalue weighted by molar-refractivity contribution is -0.137. The number of piperazine rings is 2. The number of aromatic nitrogens is 2. The van der Waals surface area contributed by atoms with Crippen molar-refractivity contribution in [2.24, 2.45) is 5.92 Å². The van der Waals surface area contributed by atoms with Crippen LogP contribution in [0.25, 0.3) is 0 Å². The lowest BCUT2D eigenvalue weighted by Gasteiger charge is -2.41. The molecular weight excluding hydrogens is 536 g/mol. The monoisotopic (exact) mass is 572 g/mol. The number of anilines is 2. The van der Waals surface area contributed by atoms with Crippen LogP contribution in [-0.2, 0) is 9.59 Å². The van der Waals surface area contributed by atoms with Crippen LogP contribution >= 0.6 is 23.4 Å². The summed E-state index contributed by atoms with van der Waals surface area (Å²) >= 11 is 7.69. The Morgan fingerprint density at radius 2 is 1.74 bits per heavy atom. The van der Waals surface area contributed by atoms with E-state index in [1.807, 2.05) is 34.1 Å². The van der Waals surface area contributed by atoms with E-state index in [1.54, 1.807) is 13.2 Å². The summed E-state index contributed by atoms with van der Waals surface area (Å²) < 4.78 is 5.49. The van der Waals surface area contributed by atoms with Gasteiger partial charge in [0, 0.05) is 63.8 Å². The summed E-state index contributed by atoms with van der Waals surface area (Å²) in [6, 6.07) is 9.84. The maximum atomic E-state index is 13.0. The predicted octanol–water partition coefficient (Wildman–Crippen LogP) is 3.81. The molecule has 1 saturated carbocycles. The maximum absolute atomic E-state index is 13.0. The summed E-state index contributed by atoms with van der Waals surface area (Å²) in [6.07, 6.45) is 4.35. The summed E-state index contributed by atoms with van der Waals surface area (Å²) in [7, 11) is 1.68. The Kier molecular flexibility index (Phi) is 9.02. The SMILES string of the molecule is COc1ccccc1N1CCN(C(=O)CSc2nc(Cl)cc(N3CCN(C(=O)C4CCCC4)C(C)C3)n2)CC1. The first-order chi connectivity index (χ1) is 18.9. The Labute approximate surface area is 239 Å². The van der Waals surface area contributed by atoms with Crippen LogP contribution in [-0.4, -0.2) is 96.3 Å². The zero-order valence-corrected chi connectivity index (χ0v) is 24.3. The van der Waals surface area contributed by atoms with Crippen molar-refractivity contribution in [2.45, 2.75) is 43.8 Å². The molecule has 1 unspecified atom stereocenters. The number of carbonyl (C=O) groups is 2. The van der Waals surface area contributed by atoms with Crippen LogP contribution in [0, 0.1) is 5.92 Å². The minimum absolute atomic E-state index is 0.0671. The van der Waals surface area contributed by atoms with Crippen molar-refractivity contribution in [3.05, 3.63) is 35.5 Å². The molecule has 1 aromatic carbocycles. The third-order valence-electron chi connectivity index (χ3n) is 7.98. The van der Waals surface area contributed by atoms with Gasteiger partial charge in [-0.3, -0.25) is 9.59 Å². The topological polar surface area (TPSA) is 82.1 Å². The second-order valence-electron chi connectivity index (χ2n) is 10.5. The smallest absolute Gasteiger partial charge is 0.233 e. The van der Waals surface area contributed by atoms with Gasteiger partial charge in [0.1, 0.15) is 16.7 Å². The number of hydrogen-bond acceptors (Lipinski definition) is 8. The molecule has 0 N–H and O–H groups in total. The first-order valence-electron chi connectivity index (χ1n) is 13.8. The van der Waals surface area contributed by atoms with Crippen molar-refractivity contribution in [1.29, 1.82) is 0 Å². The van der Waals surface area contributed by atoms with Gasteiger partial charge in [-0.05, 0) is 31.9 Å². The summed E-state index contributed by atoms with van der Waals surface area (Å²) in [4.78, 5) is 43.4. The van der Waals surface area contributed by atoms with Crippen LogP contribution in [0.3, 0.4) is 0 Å². The fraction of sp³-hybridized carbons (Fsp3) is 0.571. The molecule has 39 heavy (non-hydrogen) atoms. The molecule has 2 saturated heterocycles. The fourth-order valence-electron chi connectivity index (χ4n) is 5.82. The van der Waals surface area contributed by atoms with E-state index >= 15 is 0 Å². The molecule has 3 fully saturated rings. The zero-order valence-electron chi connectivity index (χ0n) is 22.7. The highest BCUT2D eigenvalue weighted by Crippen LogP contribution is 2.30. The number of amides is 2. The van der Waals surface area contributed by atoms with E-state index in [4.69, 9.17) is 21.3 Å². The van der Waals surface area contributed by atoms with Gasteiger partial charge in [-0.15, -0.1) is 0 Å². The molecule has 1 atom stereocenters. The zero-order chi connectivity index (χ0) is 27.4. The highest BCUT2D eigenvalue weighted by atomic mass is 35.5. The van der Waals surface area contributed by atoms with Gasteiger partial charge in [-0.2, -0.15) is 0 Å². The molecule has 3 aliphatic rings. The first-order valence-corrected chi connectivity index (χ1v) is 15.2. The second-order valence-corrected chi connectivity index (χ2v) is 11.8. The number of thioether (sulfide) groups is 1. The second kappa shape index (κ2) is 12.6. The van der Waals surface area contributed by atoms with Gasteiger partial charge in [-0.1, -0.05) is 48.3 Å². The van der Waals surface area contributed by atoms with E-state index < -0.39 is 0 Å². The number of halogens is 1. The van der Waals surface area contributed by atoms with Gasteiger partial charge in [0.15, 0.2) is 5.16 Å². The summed E-state index contributed by atoms with van der Waals surface area (Å²) in [6.45, 7) is 7.00. The number of benzene rings is 1. The summed E-state index contributed by atoms with van der Waals surface area (Å²) in [5, 5.41) is 0.855. The fourth-order valence-corrected chi connectivity index (χ4v) is 6.80. The van der Waals surface area contributed by atoms with Gasteiger partial charge < -0.3 is 24.3 Å². The van der Waals surface area contributed by atoms with Gasteiger partial charge in [-0.25, -0.2) is 9.97 Å². The van der Waals surface area contributed by atoms with Gasteiger partial charge >= 0.3 is 0 Å². The van der Waals surface area contributed by atoms with E-state index in [9.17, 15) is 9.59 Å². The van der Waals surface area contributed by atoms with Gasteiger partial charge in [0.2, 0.25) is 11.8 Å². The van der Waals surface area contributed by atoms with Gasteiger partial charge in [0.05, 0.1) is 18.6 Å². The number of rotatable bonds is 7. The van der Waals surface area contributed by atoms with E-state index in [-0.39, 0.29) is 23.6 Å². The number of nitrogens with zero attached hydrogens (tertiary/aromatic N) is 6. The molecule has 1 aromatic heterocycles. The molecule has 210 valence electrons. The lowest BCUT2D eigenvalue weighted by Crippen LogP contribution is -2.55. The highest BCUT2D eigenvalue weighted by Gasteiger charge is 2.33. The minimum Gasteiger partial charge on any atom is -0.495 e. The molecule has 0 radical (unpaired) electrons. The molecule has 0 spiro atoms. The van der Waals surface area contributed by atoms with E-state index in [0.717, 1.165) is 56.0 Å². The Bertz CT molecular complexity index is 1170. The number of para-hydroxylation sites is 2. The average molecular weight is 573 g/mol. The standard InChI is InChI=1S/C28H37ClN6O3S/c1-20-18-34(15-16-35(20)27(37)21-7-3-4-8-21)25-17-24(29)30-28(31-25)39-19-26(36)33-13-11-32(12-14-33)22-9-5-6-10-23(22)38-2/h5-6,9-10,17,20-21H,3-4,7-8,11-16,18-19H2,1-2H3. The molecule has 3 heterocycles. The quantitative estimate of drug-likeness (QED) is 0.281. The van der Waals surface area contributed by atoms with Crippen LogP contribution in [0.1, 0.15) is 32.6 Å². The Morgan fingerprint density at radius 3 is 2.46 bits per heavy atom. The third-order valence-corrected chi connectivity index (χ3v) is 9.01. The maximum Gasteiger partial charge on any atom is 0.233 e. The van der Waals surface area contributed by atoms with Crippen molar-refractivity contribution < 1.29 is 14.3 Å². The van der Waals surface area contributed by atoms with E-state index in [0.29, 0.717) is 48.9 Å². The predicted molar refractivity (Wildman–Crippen MR) is 155 cm³/mol. The van der Waals surface area contributed by atoms with Crippen LogP contribution in [0.5, 0.6) is 5.75 Å². The van der Waals surface area contributed by atoms with Crippen molar-refractivity contribution in [2.75, 3.05) is 68.5 Å². The highest BCUT2D eigenvalue weighted by molar-refractivity contribution is 7.99. The molecule has 5 rings (SSSR count). The molecule has 2 aromatic rings. The number of hydrogen-bond donors (Lipinski definition) is 0. The normalized spacial score (nSPS) is 20.4.